The highest BCUT2D eigenvalue weighted by atomic mass is 32.2. The van der Waals surface area contributed by atoms with Crippen LogP contribution in [0.1, 0.15) is 24.4 Å². The highest BCUT2D eigenvalue weighted by molar-refractivity contribution is 7.99. The molecule has 1 heterocycles. The smallest absolute Gasteiger partial charge is 0.230 e. The van der Waals surface area contributed by atoms with Gasteiger partial charge in [0.1, 0.15) is 6.61 Å². The van der Waals surface area contributed by atoms with E-state index in [1.54, 1.807) is 28.8 Å². The van der Waals surface area contributed by atoms with E-state index in [0.717, 1.165) is 16.3 Å². The molecule has 1 unspecified atom stereocenters. The summed E-state index contributed by atoms with van der Waals surface area (Å²) >= 11 is 1.28. The number of fused-ring (bicyclic) bond motifs is 1. The number of halogens is 1. The number of nitrogens with zero attached hydrogens (tertiary/aromatic N) is 3. The molecule has 0 radical (unpaired) electrons. The normalized spacial score (nSPS) is 11.8. The van der Waals surface area contributed by atoms with Crippen molar-refractivity contribution in [2.45, 2.75) is 31.3 Å². The number of benzene rings is 3. The third-order valence-electron chi connectivity index (χ3n) is 5.30. The summed E-state index contributed by atoms with van der Waals surface area (Å²) in [6.07, 6.45) is 1.71. The third-order valence-corrected chi connectivity index (χ3v) is 6.27. The molecule has 1 aromatic heterocycles. The van der Waals surface area contributed by atoms with Crippen LogP contribution in [0.2, 0.25) is 0 Å². The first kappa shape index (κ1) is 23.5. The zero-order valence-electron chi connectivity index (χ0n) is 18.8. The van der Waals surface area contributed by atoms with Crippen LogP contribution < -0.4 is 10.1 Å². The molecular formula is C26H25FN4O2S. The molecule has 34 heavy (non-hydrogen) atoms. The van der Waals surface area contributed by atoms with Crippen LogP contribution in [0.25, 0.3) is 10.8 Å². The first-order valence-electron chi connectivity index (χ1n) is 10.9. The molecule has 0 fully saturated rings. The topological polar surface area (TPSA) is 69.0 Å². The van der Waals surface area contributed by atoms with Gasteiger partial charge < -0.3 is 10.1 Å². The van der Waals surface area contributed by atoms with E-state index in [2.05, 4.69) is 40.3 Å². The third kappa shape index (κ3) is 5.46. The van der Waals surface area contributed by atoms with Crippen LogP contribution in [-0.4, -0.2) is 26.4 Å². The maximum atomic E-state index is 13.8. The van der Waals surface area contributed by atoms with Crippen molar-refractivity contribution in [1.82, 2.24) is 20.1 Å². The van der Waals surface area contributed by atoms with Crippen molar-refractivity contribution >= 4 is 28.4 Å². The Morgan fingerprint density at radius 2 is 1.91 bits per heavy atom. The average molecular weight is 477 g/mol. The zero-order chi connectivity index (χ0) is 23.9. The fraction of sp³-hybridized carbons (Fsp3) is 0.192. The molecule has 1 amide bonds. The molecule has 3 aromatic carbocycles. The van der Waals surface area contributed by atoms with E-state index >= 15 is 0 Å². The molecule has 0 saturated carbocycles. The van der Waals surface area contributed by atoms with Crippen LogP contribution >= 0.6 is 11.8 Å². The van der Waals surface area contributed by atoms with Crippen LogP contribution in [0.3, 0.4) is 0 Å². The summed E-state index contributed by atoms with van der Waals surface area (Å²) in [4.78, 5) is 12.7. The van der Waals surface area contributed by atoms with E-state index in [9.17, 15) is 9.18 Å². The first-order chi connectivity index (χ1) is 16.6. The van der Waals surface area contributed by atoms with E-state index in [0.29, 0.717) is 17.5 Å². The summed E-state index contributed by atoms with van der Waals surface area (Å²) < 4.78 is 21.2. The number of hydrogen-bond acceptors (Lipinski definition) is 5. The Morgan fingerprint density at radius 1 is 1.15 bits per heavy atom. The maximum absolute atomic E-state index is 13.8. The van der Waals surface area contributed by atoms with Gasteiger partial charge >= 0.3 is 0 Å². The molecule has 0 aliphatic rings. The minimum absolute atomic E-state index is 0.0483. The lowest BCUT2D eigenvalue weighted by molar-refractivity contribution is -0.119. The number of para-hydroxylation sites is 1. The molecule has 0 bridgehead atoms. The second-order valence-corrected chi connectivity index (χ2v) is 8.61. The van der Waals surface area contributed by atoms with Crippen molar-refractivity contribution in [3.8, 4) is 5.75 Å². The van der Waals surface area contributed by atoms with Crippen LogP contribution in [0.5, 0.6) is 5.75 Å². The van der Waals surface area contributed by atoms with Crippen LogP contribution in [0.4, 0.5) is 4.39 Å². The Bertz CT molecular complexity index is 1300. The molecule has 1 N–H and O–H groups in total. The number of ether oxygens (including phenoxy) is 1. The summed E-state index contributed by atoms with van der Waals surface area (Å²) in [6.45, 7) is 6.24. The van der Waals surface area contributed by atoms with Gasteiger partial charge in [-0.15, -0.1) is 16.8 Å². The molecule has 1 atom stereocenters. The van der Waals surface area contributed by atoms with Gasteiger partial charge in [-0.05, 0) is 35.4 Å². The Labute approximate surface area is 201 Å². The van der Waals surface area contributed by atoms with Crippen LogP contribution in [-0.2, 0) is 17.9 Å². The molecule has 174 valence electrons. The van der Waals surface area contributed by atoms with Gasteiger partial charge in [-0.2, -0.15) is 0 Å². The quantitative estimate of drug-likeness (QED) is 0.248. The fourth-order valence-corrected chi connectivity index (χ4v) is 4.45. The summed E-state index contributed by atoms with van der Waals surface area (Å²) in [7, 11) is 0. The lowest BCUT2D eigenvalue weighted by Gasteiger charge is -2.16. The van der Waals surface area contributed by atoms with Crippen molar-refractivity contribution in [3.63, 3.8) is 0 Å². The largest absolute Gasteiger partial charge is 0.483 e. The first-order valence-corrected chi connectivity index (χ1v) is 11.9. The van der Waals surface area contributed by atoms with Crippen molar-refractivity contribution in [3.05, 3.63) is 96.6 Å². The predicted octanol–water partition coefficient (Wildman–Crippen LogP) is 5.30. The van der Waals surface area contributed by atoms with Gasteiger partial charge in [0.25, 0.3) is 0 Å². The van der Waals surface area contributed by atoms with Crippen LogP contribution in [0, 0.1) is 5.82 Å². The van der Waals surface area contributed by atoms with Gasteiger partial charge in [0.2, 0.25) is 5.91 Å². The number of allylic oxidation sites excluding steroid dienone is 1. The van der Waals surface area contributed by atoms with E-state index in [-0.39, 0.29) is 30.1 Å². The predicted molar refractivity (Wildman–Crippen MR) is 132 cm³/mol. The highest BCUT2D eigenvalue weighted by Crippen LogP contribution is 2.25. The number of carbonyl (C=O) groups is 1. The van der Waals surface area contributed by atoms with Crippen LogP contribution in [0.15, 0.2) is 84.5 Å². The van der Waals surface area contributed by atoms with Crippen molar-refractivity contribution < 1.29 is 13.9 Å². The molecular weight excluding hydrogens is 451 g/mol. The van der Waals surface area contributed by atoms with Crippen molar-refractivity contribution in [2.24, 2.45) is 0 Å². The highest BCUT2D eigenvalue weighted by Gasteiger charge is 2.17. The number of rotatable bonds is 10. The standard InChI is InChI=1S/C26H25FN4O2S/c1-3-15-31-24(16-33-23-14-7-6-13-22(23)27)29-30-26(31)34-17-25(32)28-18(2)20-12-8-10-19-9-4-5-11-21(19)20/h3-14,18H,1,15-17H2,2H3,(H,28,32). The average Bonchev–Trinajstić information content (AvgIpc) is 3.23. The number of thioether (sulfide) groups is 1. The molecule has 4 rings (SSSR count). The van der Waals surface area contributed by atoms with E-state index in [4.69, 9.17) is 4.74 Å². The van der Waals surface area contributed by atoms with Crippen molar-refractivity contribution in [1.29, 1.82) is 0 Å². The zero-order valence-corrected chi connectivity index (χ0v) is 19.6. The lowest BCUT2D eigenvalue weighted by Crippen LogP contribution is -2.28. The fourth-order valence-electron chi connectivity index (χ4n) is 3.67. The molecule has 0 spiro atoms. The van der Waals surface area contributed by atoms with E-state index < -0.39 is 5.82 Å². The molecule has 0 aliphatic carbocycles. The van der Waals surface area contributed by atoms with Crippen molar-refractivity contribution in [2.75, 3.05) is 5.75 Å². The molecule has 6 nitrogen and oxygen atoms in total. The van der Waals surface area contributed by atoms with Gasteiger partial charge in [0.05, 0.1) is 11.8 Å². The van der Waals surface area contributed by atoms with Gasteiger partial charge in [-0.1, -0.05) is 72.4 Å². The monoisotopic (exact) mass is 476 g/mol. The number of aromatic nitrogens is 3. The number of hydrogen-bond donors (Lipinski definition) is 1. The Hall–Kier alpha value is -3.65. The molecule has 8 heteroatoms. The minimum atomic E-state index is -0.441. The summed E-state index contributed by atoms with van der Waals surface area (Å²) in [5, 5.41) is 14.3. The van der Waals surface area contributed by atoms with E-state index in [1.165, 1.54) is 17.8 Å². The molecule has 0 saturated heterocycles. The Kier molecular flexibility index (Phi) is 7.59. The minimum Gasteiger partial charge on any atom is -0.483 e. The molecule has 0 aliphatic heterocycles. The Morgan fingerprint density at radius 3 is 2.74 bits per heavy atom. The SMILES string of the molecule is C=CCn1c(COc2ccccc2F)nnc1SCC(=O)NC(C)c1cccc2ccccc12. The number of carbonyl (C=O) groups excluding carboxylic acids is 1. The number of nitrogens with one attached hydrogen (secondary N) is 1. The Balaban J connectivity index is 1.39. The van der Waals surface area contributed by atoms with E-state index in [1.807, 2.05) is 31.2 Å². The summed E-state index contributed by atoms with van der Waals surface area (Å²) in [5.41, 5.74) is 1.07. The summed E-state index contributed by atoms with van der Waals surface area (Å²) in [6, 6.07) is 20.3. The lowest BCUT2D eigenvalue weighted by atomic mass is 10.00. The summed E-state index contributed by atoms with van der Waals surface area (Å²) in [5.74, 6) is 0.298. The second kappa shape index (κ2) is 11.0. The number of amides is 1. The maximum Gasteiger partial charge on any atom is 0.230 e. The van der Waals surface area contributed by atoms with Gasteiger partial charge in [-0.25, -0.2) is 4.39 Å². The molecule has 4 aromatic rings. The van der Waals surface area contributed by atoms with Gasteiger partial charge in [-0.3, -0.25) is 9.36 Å². The second-order valence-electron chi connectivity index (χ2n) is 7.66. The van der Waals surface area contributed by atoms with Gasteiger partial charge in [0.15, 0.2) is 22.5 Å². The van der Waals surface area contributed by atoms with Gasteiger partial charge in [0, 0.05) is 6.54 Å².